The first-order chi connectivity index (χ1) is 9.83. The van der Waals surface area contributed by atoms with Gasteiger partial charge in [-0.3, -0.25) is 0 Å². The van der Waals surface area contributed by atoms with Gasteiger partial charge in [0.05, 0.1) is 0 Å². The van der Waals surface area contributed by atoms with E-state index in [2.05, 4.69) is 67.7 Å². The monoisotopic (exact) mass is 418 g/mol. The fourth-order valence-corrected chi connectivity index (χ4v) is 17.7. The Labute approximate surface area is 155 Å². The van der Waals surface area contributed by atoms with Crippen molar-refractivity contribution in [3.63, 3.8) is 0 Å². The summed E-state index contributed by atoms with van der Waals surface area (Å²) in [4.78, 5) is 0. The van der Waals surface area contributed by atoms with Crippen LogP contribution in [0.2, 0.25) is 26.2 Å². The molecule has 0 amide bonds. The Morgan fingerprint density at radius 2 is 0.955 bits per heavy atom. The second-order valence-electron chi connectivity index (χ2n) is 7.21. The SMILES string of the molecule is CCO[Si](C)(C)C(C)(C)SSSSC(C)(C)[Si](C)(C)OCC. The molecule has 22 heavy (non-hydrogen) atoms. The van der Waals surface area contributed by atoms with Crippen molar-refractivity contribution in [3.05, 3.63) is 0 Å². The summed E-state index contributed by atoms with van der Waals surface area (Å²) in [6.07, 6.45) is 0. The topological polar surface area (TPSA) is 18.5 Å². The van der Waals surface area contributed by atoms with E-state index in [1.54, 1.807) is 0 Å². The van der Waals surface area contributed by atoms with Gasteiger partial charge in [-0.2, -0.15) is 0 Å². The Kier molecular flexibility index (Phi) is 10.2. The molecule has 0 aliphatic heterocycles. The van der Waals surface area contributed by atoms with Gasteiger partial charge in [0.2, 0.25) is 16.6 Å². The van der Waals surface area contributed by atoms with Crippen LogP contribution in [0.1, 0.15) is 41.5 Å². The molecule has 0 aliphatic rings. The van der Waals surface area contributed by atoms with Crippen molar-refractivity contribution in [1.82, 2.24) is 0 Å². The van der Waals surface area contributed by atoms with Gasteiger partial charge < -0.3 is 8.85 Å². The van der Waals surface area contributed by atoms with Gasteiger partial charge in [0.25, 0.3) is 0 Å². The fourth-order valence-electron chi connectivity index (χ4n) is 1.47. The van der Waals surface area contributed by atoms with Crippen LogP contribution in [0.15, 0.2) is 0 Å². The lowest BCUT2D eigenvalue weighted by atomic mass is 10.5. The minimum absolute atomic E-state index is 0.193. The highest BCUT2D eigenvalue weighted by molar-refractivity contribution is 9.26. The van der Waals surface area contributed by atoms with Crippen LogP contribution in [0.3, 0.4) is 0 Å². The molecule has 0 spiro atoms. The molecule has 0 saturated carbocycles. The number of hydrogen-bond donors (Lipinski definition) is 0. The van der Waals surface area contributed by atoms with Crippen LogP contribution in [0, 0.1) is 0 Å². The molecule has 0 aliphatic carbocycles. The van der Waals surface area contributed by atoms with E-state index in [0.29, 0.717) is 0 Å². The summed E-state index contributed by atoms with van der Waals surface area (Å²) < 4.78 is 12.5. The molecule has 134 valence electrons. The van der Waals surface area contributed by atoms with E-state index < -0.39 is 16.6 Å². The summed E-state index contributed by atoms with van der Waals surface area (Å²) in [7, 11) is 4.36. The van der Waals surface area contributed by atoms with Gasteiger partial charge in [-0.25, -0.2) is 0 Å². The van der Waals surface area contributed by atoms with Crippen LogP contribution >= 0.6 is 41.2 Å². The molecule has 0 heterocycles. The average molecular weight is 419 g/mol. The Morgan fingerprint density at radius 3 is 1.18 bits per heavy atom. The minimum Gasteiger partial charge on any atom is -0.416 e. The van der Waals surface area contributed by atoms with E-state index in [1.165, 1.54) is 0 Å². The molecule has 0 N–H and O–H groups in total. The van der Waals surface area contributed by atoms with E-state index in [1.807, 2.05) is 41.2 Å². The summed E-state index contributed by atoms with van der Waals surface area (Å²) in [5, 5.41) is 0. The van der Waals surface area contributed by atoms with E-state index in [-0.39, 0.29) is 8.74 Å². The van der Waals surface area contributed by atoms with Crippen molar-refractivity contribution in [2.24, 2.45) is 0 Å². The molecule has 2 nitrogen and oxygen atoms in total. The van der Waals surface area contributed by atoms with Crippen molar-refractivity contribution in [2.75, 3.05) is 13.2 Å². The summed E-state index contributed by atoms with van der Waals surface area (Å²) in [5.74, 6) is 0. The maximum absolute atomic E-state index is 6.05. The highest BCUT2D eigenvalue weighted by Gasteiger charge is 2.44. The molecule has 0 aromatic rings. The summed E-state index contributed by atoms with van der Waals surface area (Å²) in [6.45, 7) is 24.4. The first-order valence-electron chi connectivity index (χ1n) is 7.81. The molecule has 0 radical (unpaired) electrons. The van der Waals surface area contributed by atoms with Crippen LogP contribution in [-0.4, -0.2) is 38.6 Å². The van der Waals surface area contributed by atoms with Crippen LogP contribution in [0.25, 0.3) is 0 Å². The minimum atomic E-state index is -1.67. The Balaban J connectivity index is 4.43. The molecule has 8 heteroatoms. The Morgan fingerprint density at radius 1 is 0.682 bits per heavy atom. The third-order valence-corrected chi connectivity index (χ3v) is 24.0. The van der Waals surface area contributed by atoms with E-state index in [0.717, 1.165) is 13.2 Å². The molecule has 0 rings (SSSR count). The zero-order valence-corrected chi connectivity index (χ0v) is 21.1. The van der Waals surface area contributed by atoms with Gasteiger partial charge in [-0.05, 0) is 59.7 Å². The molecule has 0 saturated heterocycles. The first-order valence-corrected chi connectivity index (χ1v) is 18.4. The fraction of sp³-hybridized carbons (Fsp3) is 1.00. The lowest BCUT2D eigenvalue weighted by Gasteiger charge is -2.39. The third-order valence-electron chi connectivity index (χ3n) is 4.42. The zero-order valence-electron chi connectivity index (χ0n) is 15.9. The predicted octanol–water partition coefficient (Wildman–Crippen LogP) is 6.78. The molecule has 0 atom stereocenters. The Bertz CT molecular complexity index is 305. The second-order valence-corrected chi connectivity index (χ2v) is 24.0. The maximum atomic E-state index is 6.05. The highest BCUT2D eigenvalue weighted by Crippen LogP contribution is 2.55. The molecule has 0 fully saturated rings. The van der Waals surface area contributed by atoms with Gasteiger partial charge in [-0.15, -0.1) is 0 Å². The van der Waals surface area contributed by atoms with Crippen molar-refractivity contribution < 1.29 is 8.85 Å². The predicted molar refractivity (Wildman–Crippen MR) is 117 cm³/mol. The van der Waals surface area contributed by atoms with Crippen molar-refractivity contribution in [2.45, 2.75) is 76.5 Å². The second kappa shape index (κ2) is 9.45. The van der Waals surface area contributed by atoms with Crippen LogP contribution in [0.4, 0.5) is 0 Å². The van der Waals surface area contributed by atoms with Crippen molar-refractivity contribution in [1.29, 1.82) is 0 Å². The van der Waals surface area contributed by atoms with Gasteiger partial charge in [0, 0.05) is 22.0 Å². The molecule has 0 aromatic carbocycles. The lowest BCUT2D eigenvalue weighted by Crippen LogP contribution is -2.50. The van der Waals surface area contributed by atoms with Crippen LogP contribution < -0.4 is 0 Å². The van der Waals surface area contributed by atoms with Gasteiger partial charge in [-0.1, -0.05) is 49.3 Å². The van der Waals surface area contributed by atoms with Crippen LogP contribution in [-0.2, 0) is 8.85 Å². The van der Waals surface area contributed by atoms with Crippen molar-refractivity contribution in [3.8, 4) is 0 Å². The average Bonchev–Trinajstić information content (AvgIpc) is 2.34. The highest BCUT2D eigenvalue weighted by atomic mass is 33.7. The number of rotatable bonds is 11. The lowest BCUT2D eigenvalue weighted by molar-refractivity contribution is 0.320. The van der Waals surface area contributed by atoms with Gasteiger partial charge in [0.1, 0.15) is 0 Å². The van der Waals surface area contributed by atoms with E-state index in [4.69, 9.17) is 8.85 Å². The molecular formula is C14H34O2S4Si2. The van der Waals surface area contributed by atoms with E-state index in [9.17, 15) is 0 Å². The van der Waals surface area contributed by atoms with Crippen LogP contribution in [0.5, 0.6) is 0 Å². The largest absolute Gasteiger partial charge is 0.416 e. The molecular weight excluding hydrogens is 385 g/mol. The molecule has 0 aromatic heterocycles. The smallest absolute Gasteiger partial charge is 0.202 e. The number of hydrogen-bond acceptors (Lipinski definition) is 6. The van der Waals surface area contributed by atoms with Crippen molar-refractivity contribution >= 4 is 57.9 Å². The quantitative estimate of drug-likeness (QED) is 0.207. The summed E-state index contributed by atoms with van der Waals surface area (Å²) in [5.41, 5.74) is 0. The maximum Gasteiger partial charge on any atom is 0.202 e. The summed E-state index contributed by atoms with van der Waals surface area (Å²) in [6, 6.07) is 0. The normalized spacial score (nSPS) is 14.5. The summed E-state index contributed by atoms with van der Waals surface area (Å²) >= 11 is 0. The van der Waals surface area contributed by atoms with E-state index >= 15 is 0 Å². The van der Waals surface area contributed by atoms with Gasteiger partial charge in [0.15, 0.2) is 0 Å². The standard InChI is InChI=1S/C14H34O2S4Si2/c1-11-15-21(7,8)13(3,4)17-19-20-18-14(5,6)22(9,10)16-12-2/h11-12H2,1-10H3. The third kappa shape index (κ3) is 6.94. The Hall–Kier alpha value is 1.75. The molecule has 0 unspecified atom stereocenters. The molecule has 0 bridgehead atoms. The van der Waals surface area contributed by atoms with Gasteiger partial charge >= 0.3 is 0 Å². The first kappa shape index (κ1) is 23.8. The zero-order chi connectivity index (χ0) is 17.7.